The highest BCUT2D eigenvalue weighted by Gasteiger charge is 2.41. The number of anilines is 1. The van der Waals surface area contributed by atoms with E-state index in [9.17, 15) is 14.7 Å². The average Bonchev–Trinajstić information content (AvgIpc) is 3.14. The summed E-state index contributed by atoms with van der Waals surface area (Å²) in [5.41, 5.74) is 8.98. The van der Waals surface area contributed by atoms with E-state index in [0.29, 0.717) is 25.2 Å². The van der Waals surface area contributed by atoms with Gasteiger partial charge in [0.1, 0.15) is 0 Å². The van der Waals surface area contributed by atoms with Crippen LogP contribution in [0.1, 0.15) is 47.2 Å². The third-order valence-corrected chi connectivity index (χ3v) is 7.21. The monoisotopic (exact) mass is 477 g/mol. The number of hydrogen-bond donors (Lipinski definition) is 2. The van der Waals surface area contributed by atoms with Crippen LogP contribution in [0.2, 0.25) is 5.02 Å². The van der Waals surface area contributed by atoms with Crippen molar-refractivity contribution in [1.82, 2.24) is 4.90 Å². The topological polar surface area (TPSA) is 86.9 Å². The van der Waals surface area contributed by atoms with E-state index in [4.69, 9.17) is 17.3 Å². The summed E-state index contributed by atoms with van der Waals surface area (Å²) in [5.74, 6) is -0.955. The summed E-state index contributed by atoms with van der Waals surface area (Å²) in [4.78, 5) is 28.2. The van der Waals surface area contributed by atoms with Gasteiger partial charge in [-0.2, -0.15) is 0 Å². The Hall–Kier alpha value is -2.28. The molecule has 6 nitrogen and oxygen atoms in total. The number of halogens is 2. The zero-order chi connectivity index (χ0) is 22.2. The lowest BCUT2D eigenvalue weighted by Gasteiger charge is -2.42. The Morgan fingerprint density at radius 3 is 2.50 bits per heavy atom. The molecule has 1 saturated carbocycles. The van der Waals surface area contributed by atoms with Gasteiger partial charge in [0.2, 0.25) is 0 Å². The highest BCUT2D eigenvalue weighted by Crippen LogP contribution is 2.41. The first-order valence-electron chi connectivity index (χ1n) is 10.7. The molecule has 0 spiro atoms. The van der Waals surface area contributed by atoms with Crippen LogP contribution in [0.25, 0.3) is 0 Å². The molecule has 0 atom stereocenters. The normalized spacial score (nSPS) is 23.2. The zero-order valence-corrected chi connectivity index (χ0v) is 19.7. The van der Waals surface area contributed by atoms with Crippen LogP contribution < -0.4 is 10.6 Å². The highest BCUT2D eigenvalue weighted by atomic mass is 35.5. The molecule has 1 saturated heterocycles. The fraction of sp³-hybridized carbons (Fsp3) is 0.417. The van der Waals surface area contributed by atoms with Crippen molar-refractivity contribution in [3.63, 3.8) is 0 Å². The Labute approximate surface area is 199 Å². The molecule has 32 heavy (non-hydrogen) atoms. The Kier molecular flexibility index (Phi) is 7.38. The van der Waals surface area contributed by atoms with Crippen molar-refractivity contribution < 1.29 is 14.7 Å². The summed E-state index contributed by atoms with van der Waals surface area (Å²) in [6.45, 7) is 3.61. The number of rotatable bonds is 5. The minimum Gasteiger partial charge on any atom is -0.478 e. The van der Waals surface area contributed by atoms with Crippen molar-refractivity contribution in [3.05, 3.63) is 64.2 Å². The van der Waals surface area contributed by atoms with Crippen LogP contribution >= 0.6 is 24.0 Å². The first-order chi connectivity index (χ1) is 14.8. The zero-order valence-electron chi connectivity index (χ0n) is 18.1. The fourth-order valence-electron chi connectivity index (χ4n) is 5.08. The summed E-state index contributed by atoms with van der Waals surface area (Å²) in [7, 11) is 0. The number of benzene rings is 2. The largest absolute Gasteiger partial charge is 0.478 e. The summed E-state index contributed by atoms with van der Waals surface area (Å²) in [5, 5.41) is 9.97. The number of carbonyl (C=O) groups excluding carboxylic acids is 1. The van der Waals surface area contributed by atoms with Gasteiger partial charge < -0.3 is 15.7 Å². The lowest BCUT2D eigenvalue weighted by molar-refractivity contribution is 0.0696. The summed E-state index contributed by atoms with van der Waals surface area (Å²) < 4.78 is 0. The van der Waals surface area contributed by atoms with Gasteiger partial charge in [-0.25, -0.2) is 9.59 Å². The molecule has 0 unspecified atom stereocenters. The first-order valence-corrected chi connectivity index (χ1v) is 11.1. The van der Waals surface area contributed by atoms with E-state index in [1.54, 1.807) is 30.0 Å². The van der Waals surface area contributed by atoms with Crippen molar-refractivity contribution in [2.75, 3.05) is 24.5 Å². The Balaban J connectivity index is 0.00000289. The van der Waals surface area contributed by atoms with Crippen LogP contribution in [0, 0.1) is 6.92 Å². The number of aryl methyl sites for hydroxylation is 1. The predicted octanol–water partition coefficient (Wildman–Crippen LogP) is 4.85. The van der Waals surface area contributed by atoms with Crippen LogP contribution in [0.5, 0.6) is 0 Å². The average molecular weight is 478 g/mol. The SMILES string of the molecule is Cc1cc(N2CCN([C@H]3CC[C@](CN)(c4cccc(Cl)c4)CC3)C2=O)ccc1C(=O)O.Cl. The number of urea groups is 1. The molecule has 0 radical (unpaired) electrons. The van der Waals surface area contributed by atoms with Gasteiger partial charge in [-0.3, -0.25) is 4.90 Å². The minimum atomic E-state index is -0.955. The van der Waals surface area contributed by atoms with E-state index in [2.05, 4.69) is 6.07 Å². The molecule has 172 valence electrons. The molecule has 8 heteroatoms. The van der Waals surface area contributed by atoms with Gasteiger partial charge in [-0.05, 0) is 74.1 Å². The van der Waals surface area contributed by atoms with Crippen molar-refractivity contribution >= 4 is 41.7 Å². The fourth-order valence-corrected chi connectivity index (χ4v) is 5.27. The van der Waals surface area contributed by atoms with Gasteiger partial charge in [-0.1, -0.05) is 23.7 Å². The number of nitrogens with two attached hydrogens (primary N) is 1. The Morgan fingerprint density at radius 2 is 1.91 bits per heavy atom. The van der Waals surface area contributed by atoms with Crippen molar-refractivity contribution in [3.8, 4) is 0 Å². The highest BCUT2D eigenvalue weighted by molar-refractivity contribution is 6.30. The quantitative estimate of drug-likeness (QED) is 0.643. The van der Waals surface area contributed by atoms with Gasteiger partial charge in [0.25, 0.3) is 0 Å². The molecule has 0 aromatic heterocycles. The van der Waals surface area contributed by atoms with Crippen LogP contribution in [-0.2, 0) is 5.41 Å². The summed E-state index contributed by atoms with van der Waals surface area (Å²) >= 11 is 6.22. The molecular formula is C24H29Cl2N3O3. The molecule has 2 fully saturated rings. The minimum absolute atomic E-state index is 0. The third-order valence-electron chi connectivity index (χ3n) is 6.97. The maximum absolute atomic E-state index is 13.2. The number of carboxylic acid groups (broad SMARTS) is 1. The molecule has 1 heterocycles. The molecule has 0 bridgehead atoms. The number of carbonyl (C=O) groups is 2. The number of amides is 2. The predicted molar refractivity (Wildman–Crippen MR) is 129 cm³/mol. The molecule has 4 rings (SSSR count). The first kappa shape index (κ1) is 24.4. The summed E-state index contributed by atoms with van der Waals surface area (Å²) in [6, 6.07) is 13.2. The van der Waals surface area contributed by atoms with E-state index < -0.39 is 5.97 Å². The number of nitrogens with zero attached hydrogens (tertiary/aromatic N) is 2. The molecule has 2 aromatic carbocycles. The van der Waals surface area contributed by atoms with Gasteiger partial charge >= 0.3 is 12.0 Å². The molecule has 1 aliphatic carbocycles. The number of hydrogen-bond acceptors (Lipinski definition) is 3. The molecule has 1 aliphatic heterocycles. The van der Waals surface area contributed by atoms with Crippen LogP contribution in [0.3, 0.4) is 0 Å². The lowest BCUT2D eigenvalue weighted by atomic mass is 9.68. The summed E-state index contributed by atoms with van der Waals surface area (Å²) in [6.07, 6.45) is 3.65. The third kappa shape index (κ3) is 4.45. The van der Waals surface area contributed by atoms with Crippen LogP contribution in [-0.4, -0.2) is 47.7 Å². The Morgan fingerprint density at radius 1 is 1.19 bits per heavy atom. The van der Waals surface area contributed by atoms with E-state index in [-0.39, 0.29) is 35.5 Å². The molecule has 3 N–H and O–H groups in total. The van der Waals surface area contributed by atoms with Gasteiger partial charge in [0, 0.05) is 41.8 Å². The van der Waals surface area contributed by atoms with Crippen molar-refractivity contribution in [1.29, 1.82) is 0 Å². The Bertz CT molecular complexity index is 1010. The number of carboxylic acids is 1. The van der Waals surface area contributed by atoms with Crippen LogP contribution in [0.4, 0.5) is 10.5 Å². The second-order valence-corrected chi connectivity index (χ2v) is 9.09. The second kappa shape index (κ2) is 9.69. The maximum Gasteiger partial charge on any atom is 0.335 e. The maximum atomic E-state index is 13.2. The van der Waals surface area contributed by atoms with Gasteiger partial charge in [-0.15, -0.1) is 12.4 Å². The standard InChI is InChI=1S/C24H28ClN3O3.ClH/c1-16-13-20(5-6-21(16)22(29)30)28-12-11-27(23(28)31)19-7-9-24(15-26,10-8-19)17-3-2-4-18(25)14-17;/h2-6,13-14,19H,7-12,15,26H2,1H3,(H,29,30);1H/t19-,24-;. The van der Waals surface area contributed by atoms with E-state index in [1.165, 1.54) is 5.56 Å². The van der Waals surface area contributed by atoms with Crippen LogP contribution in [0.15, 0.2) is 42.5 Å². The van der Waals surface area contributed by atoms with Gasteiger partial charge in [0.15, 0.2) is 0 Å². The van der Waals surface area contributed by atoms with E-state index >= 15 is 0 Å². The molecule has 2 amide bonds. The molecule has 2 aliphatic rings. The molecule has 2 aromatic rings. The van der Waals surface area contributed by atoms with Crippen molar-refractivity contribution in [2.24, 2.45) is 5.73 Å². The molecular weight excluding hydrogens is 449 g/mol. The second-order valence-electron chi connectivity index (χ2n) is 8.66. The van der Waals surface area contributed by atoms with E-state index in [0.717, 1.165) is 36.4 Å². The van der Waals surface area contributed by atoms with Crippen molar-refractivity contribution in [2.45, 2.75) is 44.1 Å². The smallest absolute Gasteiger partial charge is 0.335 e. The lowest BCUT2D eigenvalue weighted by Crippen LogP contribution is -2.46. The van der Waals surface area contributed by atoms with Gasteiger partial charge in [0.05, 0.1) is 5.56 Å². The number of aromatic carboxylic acids is 1. The van der Waals surface area contributed by atoms with E-state index in [1.807, 2.05) is 23.1 Å².